The van der Waals surface area contributed by atoms with Crippen LogP contribution >= 0.6 is 11.3 Å². The second-order valence-electron chi connectivity index (χ2n) is 6.21. The third-order valence-electron chi connectivity index (χ3n) is 4.55. The van der Waals surface area contributed by atoms with E-state index in [0.29, 0.717) is 28.3 Å². The van der Waals surface area contributed by atoms with Crippen molar-refractivity contribution in [1.29, 1.82) is 0 Å². The topological polar surface area (TPSA) is 80.4 Å². The maximum atomic E-state index is 12.7. The molecule has 0 aliphatic heterocycles. The lowest BCUT2D eigenvalue weighted by Gasteiger charge is -2.11. The number of aromatic amines is 1. The van der Waals surface area contributed by atoms with Crippen LogP contribution < -0.4 is 20.3 Å². The number of carbonyl (C=O) groups excluding carboxylic acids is 1. The first-order valence-electron chi connectivity index (χ1n) is 8.64. The number of amides is 1. The van der Waals surface area contributed by atoms with Crippen molar-refractivity contribution in [3.63, 3.8) is 0 Å². The molecule has 4 aromatic rings. The highest BCUT2D eigenvalue weighted by Crippen LogP contribution is 2.30. The summed E-state index contributed by atoms with van der Waals surface area (Å²) in [5.41, 5.74) is 1.40. The molecule has 142 valence electrons. The molecule has 0 radical (unpaired) electrons. The van der Waals surface area contributed by atoms with Gasteiger partial charge in [0.05, 0.1) is 24.5 Å². The molecule has 0 unspecified atom stereocenters. The van der Waals surface area contributed by atoms with E-state index in [2.05, 4.69) is 10.3 Å². The highest BCUT2D eigenvalue weighted by atomic mass is 32.1. The van der Waals surface area contributed by atoms with Crippen molar-refractivity contribution in [3.05, 3.63) is 69.3 Å². The number of thiophene rings is 1. The van der Waals surface area contributed by atoms with Gasteiger partial charge in [-0.15, -0.1) is 11.3 Å². The van der Waals surface area contributed by atoms with Crippen LogP contribution in [0.4, 0.5) is 0 Å². The lowest BCUT2D eigenvalue weighted by Crippen LogP contribution is -2.22. The van der Waals surface area contributed by atoms with Crippen LogP contribution in [0.1, 0.15) is 15.2 Å². The van der Waals surface area contributed by atoms with E-state index in [1.807, 2.05) is 36.4 Å². The number of H-pyrrole nitrogens is 1. The van der Waals surface area contributed by atoms with E-state index in [1.54, 1.807) is 26.4 Å². The average molecular weight is 394 g/mol. The van der Waals surface area contributed by atoms with E-state index < -0.39 is 0 Å². The number of rotatable bonds is 5. The van der Waals surface area contributed by atoms with Gasteiger partial charge in [-0.25, -0.2) is 0 Å². The second kappa shape index (κ2) is 7.36. The maximum absolute atomic E-state index is 12.7. The van der Waals surface area contributed by atoms with Gasteiger partial charge >= 0.3 is 0 Å². The summed E-state index contributed by atoms with van der Waals surface area (Å²) in [5.74, 6) is 1.09. The number of carbonyl (C=O) groups is 1. The smallest absolute Gasteiger partial charge is 0.261 e. The third kappa shape index (κ3) is 3.20. The van der Waals surface area contributed by atoms with Crippen LogP contribution in [-0.2, 0) is 6.54 Å². The molecule has 6 nitrogen and oxygen atoms in total. The number of benzene rings is 2. The van der Waals surface area contributed by atoms with Gasteiger partial charge in [0.1, 0.15) is 11.5 Å². The Labute approximate surface area is 164 Å². The molecular formula is C21H18N2O4S. The number of hydrogen-bond acceptors (Lipinski definition) is 5. The van der Waals surface area contributed by atoms with Crippen molar-refractivity contribution in [3.8, 4) is 11.5 Å². The number of aromatic nitrogens is 1. The Morgan fingerprint density at radius 3 is 2.68 bits per heavy atom. The average Bonchev–Trinajstić information content (AvgIpc) is 3.18. The van der Waals surface area contributed by atoms with Crippen LogP contribution in [0, 0.1) is 0 Å². The number of hydrogen-bond donors (Lipinski definition) is 2. The summed E-state index contributed by atoms with van der Waals surface area (Å²) in [7, 11) is 3.16. The highest BCUT2D eigenvalue weighted by molar-refractivity contribution is 7.21. The number of ether oxygens (including phenoxy) is 2. The fourth-order valence-corrected chi connectivity index (χ4v) is 4.22. The van der Waals surface area contributed by atoms with E-state index >= 15 is 0 Å². The predicted octanol–water partition coefficient (Wildman–Crippen LogP) is 3.69. The van der Waals surface area contributed by atoms with Crippen LogP contribution in [0.2, 0.25) is 0 Å². The van der Waals surface area contributed by atoms with Gasteiger partial charge in [-0.2, -0.15) is 0 Å². The molecular weight excluding hydrogens is 376 g/mol. The van der Waals surface area contributed by atoms with E-state index in [1.165, 1.54) is 11.3 Å². The summed E-state index contributed by atoms with van der Waals surface area (Å²) in [5, 5.41) is 4.35. The van der Waals surface area contributed by atoms with Crippen molar-refractivity contribution < 1.29 is 14.3 Å². The number of methoxy groups -OCH3 is 2. The zero-order valence-corrected chi connectivity index (χ0v) is 16.2. The Bertz CT molecular complexity index is 1240. The van der Waals surface area contributed by atoms with Gasteiger partial charge in [-0.05, 0) is 24.3 Å². The van der Waals surface area contributed by atoms with Crippen LogP contribution in [-0.4, -0.2) is 25.1 Å². The minimum Gasteiger partial charge on any atom is -0.497 e. The third-order valence-corrected chi connectivity index (χ3v) is 5.72. The van der Waals surface area contributed by atoms with Gasteiger partial charge in [-0.1, -0.05) is 18.2 Å². The van der Waals surface area contributed by atoms with Crippen molar-refractivity contribution in [2.24, 2.45) is 0 Å². The molecule has 0 atom stereocenters. The van der Waals surface area contributed by atoms with E-state index in [4.69, 9.17) is 9.47 Å². The first kappa shape index (κ1) is 18.1. The quantitative estimate of drug-likeness (QED) is 0.541. The molecule has 0 aliphatic carbocycles. The van der Waals surface area contributed by atoms with Crippen molar-refractivity contribution in [2.45, 2.75) is 6.54 Å². The Morgan fingerprint density at radius 2 is 1.89 bits per heavy atom. The Kier molecular flexibility index (Phi) is 4.75. The fourth-order valence-electron chi connectivity index (χ4n) is 3.11. The summed E-state index contributed by atoms with van der Waals surface area (Å²) in [6.45, 7) is 0.303. The zero-order valence-electron chi connectivity index (χ0n) is 15.4. The summed E-state index contributed by atoms with van der Waals surface area (Å²) in [4.78, 5) is 28.4. The molecule has 0 bridgehead atoms. The molecule has 2 aromatic carbocycles. The Hall–Kier alpha value is -3.32. The fraction of sp³-hybridized carbons (Fsp3) is 0.143. The highest BCUT2D eigenvalue weighted by Gasteiger charge is 2.15. The number of para-hydroxylation sites is 1. The lowest BCUT2D eigenvalue weighted by molar-refractivity contribution is 0.0955. The molecule has 0 saturated heterocycles. The minimum atomic E-state index is -0.234. The summed E-state index contributed by atoms with van der Waals surface area (Å²) in [6, 6.07) is 14.7. The number of pyridine rings is 1. The van der Waals surface area contributed by atoms with E-state index in [9.17, 15) is 9.59 Å². The van der Waals surface area contributed by atoms with Crippen LogP contribution in [0.15, 0.2) is 53.3 Å². The zero-order chi connectivity index (χ0) is 19.7. The van der Waals surface area contributed by atoms with Crippen LogP contribution in [0.5, 0.6) is 11.5 Å². The normalized spacial score (nSPS) is 10.9. The van der Waals surface area contributed by atoms with E-state index in [0.717, 1.165) is 21.2 Å². The largest absolute Gasteiger partial charge is 0.497 e. The Morgan fingerprint density at radius 1 is 1.07 bits per heavy atom. The van der Waals surface area contributed by atoms with E-state index in [-0.39, 0.29) is 11.5 Å². The SMILES string of the molecule is COc1ccc(CNC(=O)c2cc3c(=O)[nH]c4ccccc4c3s2)c(OC)c1. The molecule has 7 heteroatoms. The molecule has 2 heterocycles. The first-order chi connectivity index (χ1) is 13.6. The standard InChI is InChI=1S/C21H18N2O4S/c1-26-13-8-7-12(17(9-13)27-2)11-22-21(25)18-10-15-19(28-18)14-5-3-4-6-16(14)23-20(15)24/h3-10H,11H2,1-2H3,(H,22,25)(H,23,24). The van der Waals surface area contributed by atoms with Crippen molar-refractivity contribution in [2.75, 3.05) is 14.2 Å². The summed E-state index contributed by atoms with van der Waals surface area (Å²) >= 11 is 1.32. The summed E-state index contributed by atoms with van der Waals surface area (Å²) < 4.78 is 11.4. The van der Waals surface area contributed by atoms with Crippen molar-refractivity contribution >= 4 is 38.2 Å². The van der Waals surface area contributed by atoms with Crippen LogP contribution in [0.25, 0.3) is 21.0 Å². The van der Waals surface area contributed by atoms with Gasteiger partial charge in [0, 0.05) is 33.8 Å². The number of nitrogens with one attached hydrogen (secondary N) is 2. The molecule has 0 aliphatic rings. The van der Waals surface area contributed by atoms with Gasteiger partial charge < -0.3 is 19.8 Å². The molecule has 1 amide bonds. The van der Waals surface area contributed by atoms with Gasteiger partial charge in [0.2, 0.25) is 0 Å². The number of fused-ring (bicyclic) bond motifs is 3. The van der Waals surface area contributed by atoms with Gasteiger partial charge in [-0.3, -0.25) is 9.59 Å². The summed E-state index contributed by atoms with van der Waals surface area (Å²) in [6.07, 6.45) is 0. The minimum absolute atomic E-state index is 0.194. The molecule has 4 rings (SSSR count). The van der Waals surface area contributed by atoms with Gasteiger partial charge in [0.25, 0.3) is 11.5 Å². The molecule has 0 spiro atoms. The van der Waals surface area contributed by atoms with Crippen molar-refractivity contribution in [1.82, 2.24) is 10.3 Å². The lowest BCUT2D eigenvalue weighted by atomic mass is 10.2. The van der Waals surface area contributed by atoms with Crippen LogP contribution in [0.3, 0.4) is 0 Å². The first-order valence-corrected chi connectivity index (χ1v) is 9.46. The van der Waals surface area contributed by atoms with Gasteiger partial charge in [0.15, 0.2) is 0 Å². The second-order valence-corrected chi connectivity index (χ2v) is 7.27. The predicted molar refractivity (Wildman–Crippen MR) is 111 cm³/mol. The molecule has 2 aromatic heterocycles. The monoisotopic (exact) mass is 394 g/mol. The molecule has 2 N–H and O–H groups in total. The maximum Gasteiger partial charge on any atom is 0.261 e. The molecule has 28 heavy (non-hydrogen) atoms. The molecule has 0 saturated carbocycles. The molecule has 0 fully saturated rings. The Balaban J connectivity index is 1.62.